The lowest BCUT2D eigenvalue weighted by molar-refractivity contribution is -0.138. The highest BCUT2D eigenvalue weighted by molar-refractivity contribution is 6.03. The summed E-state index contributed by atoms with van der Waals surface area (Å²) in [7, 11) is 1.60. The smallest absolute Gasteiger partial charge is 0.303 e. The molecule has 0 saturated heterocycles. The molecule has 0 radical (unpaired) electrons. The average molecular weight is 468 g/mol. The van der Waals surface area contributed by atoms with Crippen molar-refractivity contribution < 1.29 is 28.6 Å². The van der Waals surface area contributed by atoms with Gasteiger partial charge in [-0.1, -0.05) is 24.3 Å². The van der Waals surface area contributed by atoms with Gasteiger partial charge in [0.05, 0.1) is 6.10 Å². The van der Waals surface area contributed by atoms with Crippen molar-refractivity contribution in [2.75, 3.05) is 0 Å². The number of carboxylic acid groups (broad SMARTS) is 1. The molecule has 10 heteroatoms. The van der Waals surface area contributed by atoms with E-state index in [9.17, 15) is 23.5 Å². The third kappa shape index (κ3) is 6.48. The van der Waals surface area contributed by atoms with E-state index in [2.05, 4.69) is 15.5 Å². The van der Waals surface area contributed by atoms with Crippen molar-refractivity contribution in [1.29, 1.82) is 0 Å². The second kappa shape index (κ2) is 11.2. The maximum Gasteiger partial charge on any atom is 0.303 e. The number of carboxylic acids is 1. The van der Waals surface area contributed by atoms with E-state index >= 15 is 0 Å². The van der Waals surface area contributed by atoms with Crippen LogP contribution in [0.25, 0.3) is 11.1 Å². The number of aryl methyl sites for hydroxylation is 1. The normalized spacial score (nSPS) is 12.0. The lowest BCUT2D eigenvalue weighted by Crippen LogP contribution is -2.13. The van der Waals surface area contributed by atoms with Gasteiger partial charge < -0.3 is 10.2 Å². The fraction of sp³-hybridized carbons (Fsp3) is 0.208. The van der Waals surface area contributed by atoms with Gasteiger partial charge in [-0.2, -0.15) is 0 Å². The first-order chi connectivity index (χ1) is 16.2. The number of halogens is 2. The number of aliphatic hydroxyl groups excluding tert-OH is 1. The van der Waals surface area contributed by atoms with Crippen LogP contribution in [-0.2, 0) is 16.6 Å². The molecule has 2 N–H and O–H groups in total. The topological polar surface area (TPSA) is 118 Å². The van der Waals surface area contributed by atoms with E-state index in [0.29, 0.717) is 28.1 Å². The highest BCUT2D eigenvalue weighted by atomic mass is 19.1. The minimum Gasteiger partial charge on any atom is -0.481 e. The Morgan fingerprint density at radius 3 is 2.03 bits per heavy atom. The van der Waals surface area contributed by atoms with Gasteiger partial charge in [0, 0.05) is 25.5 Å². The molecule has 0 aliphatic rings. The van der Waals surface area contributed by atoms with E-state index in [0.717, 1.165) is 0 Å². The Kier molecular flexibility index (Phi) is 8.10. The van der Waals surface area contributed by atoms with Crippen molar-refractivity contribution in [3.8, 4) is 0 Å². The molecule has 0 aliphatic heterocycles. The summed E-state index contributed by atoms with van der Waals surface area (Å²) in [5.41, 5.74) is 2.07. The number of nitrogens with zero attached hydrogens (tertiary/aromatic N) is 4. The van der Waals surface area contributed by atoms with Crippen LogP contribution in [0, 0.1) is 11.6 Å². The van der Waals surface area contributed by atoms with Crippen LogP contribution < -0.4 is 0 Å². The fourth-order valence-corrected chi connectivity index (χ4v) is 3.31. The van der Waals surface area contributed by atoms with Crippen LogP contribution in [0.5, 0.6) is 0 Å². The number of hydrogen-bond acceptors (Lipinski definition) is 6. The molecule has 0 saturated carbocycles. The van der Waals surface area contributed by atoms with Crippen LogP contribution in [-0.4, -0.2) is 48.3 Å². The fourth-order valence-electron chi connectivity index (χ4n) is 3.31. The van der Waals surface area contributed by atoms with Crippen LogP contribution in [0.4, 0.5) is 8.78 Å². The van der Waals surface area contributed by atoms with Gasteiger partial charge in [-0.05, 0) is 70.0 Å². The molecular formula is C24H22F2N4O4. The molecule has 34 heavy (non-hydrogen) atoms. The van der Waals surface area contributed by atoms with Crippen LogP contribution in [0.3, 0.4) is 0 Å². The van der Waals surface area contributed by atoms with Gasteiger partial charge in [-0.15, -0.1) is 5.10 Å². The largest absolute Gasteiger partial charge is 0.481 e. The summed E-state index contributed by atoms with van der Waals surface area (Å²) >= 11 is 0. The van der Waals surface area contributed by atoms with Gasteiger partial charge in [0.1, 0.15) is 11.6 Å². The first-order valence-electron chi connectivity index (χ1n) is 10.3. The number of aromatic nitrogens is 4. The van der Waals surface area contributed by atoms with Crippen molar-refractivity contribution in [2.45, 2.75) is 25.4 Å². The number of ketones is 1. The zero-order chi connectivity index (χ0) is 24.7. The average Bonchev–Trinajstić information content (AvgIpc) is 3.22. The molecular weight excluding hydrogens is 446 g/mol. The summed E-state index contributed by atoms with van der Waals surface area (Å²) in [6.07, 6.45) is 1.03. The van der Waals surface area contributed by atoms with Gasteiger partial charge in [0.15, 0.2) is 11.6 Å². The SMILES string of the molecule is Cn1nnnc1C(C=CC(=O)CC(O)CCC(=O)O)=C(c1ccc(F)cc1)c1ccc(F)cc1. The number of aliphatic hydroxyl groups is 1. The Morgan fingerprint density at radius 2 is 1.56 bits per heavy atom. The third-order valence-corrected chi connectivity index (χ3v) is 4.96. The predicted octanol–water partition coefficient (Wildman–Crippen LogP) is 3.19. The Hall–Kier alpha value is -4.05. The second-order valence-corrected chi connectivity index (χ2v) is 7.52. The van der Waals surface area contributed by atoms with Crippen molar-refractivity contribution in [3.05, 3.63) is 89.3 Å². The molecule has 0 fully saturated rings. The zero-order valence-corrected chi connectivity index (χ0v) is 18.2. The molecule has 176 valence electrons. The maximum atomic E-state index is 13.6. The maximum absolute atomic E-state index is 13.6. The van der Waals surface area contributed by atoms with E-state index in [1.165, 1.54) is 41.1 Å². The number of tetrazole rings is 1. The molecule has 3 aromatic rings. The van der Waals surface area contributed by atoms with E-state index in [4.69, 9.17) is 5.11 Å². The second-order valence-electron chi connectivity index (χ2n) is 7.52. The van der Waals surface area contributed by atoms with Crippen LogP contribution in [0.15, 0.2) is 60.7 Å². The van der Waals surface area contributed by atoms with Crippen molar-refractivity contribution >= 4 is 22.9 Å². The number of aliphatic carboxylic acids is 1. The summed E-state index contributed by atoms with van der Waals surface area (Å²) in [6, 6.07) is 11.3. The van der Waals surface area contributed by atoms with Crippen molar-refractivity contribution in [1.82, 2.24) is 20.2 Å². The van der Waals surface area contributed by atoms with Crippen molar-refractivity contribution in [3.63, 3.8) is 0 Å². The van der Waals surface area contributed by atoms with E-state index < -0.39 is 29.5 Å². The minimum absolute atomic E-state index is 0.0543. The summed E-state index contributed by atoms with van der Waals surface area (Å²) in [5.74, 6) is -2.09. The lowest BCUT2D eigenvalue weighted by atomic mass is 9.92. The first kappa shape index (κ1) is 24.6. The van der Waals surface area contributed by atoms with Crippen LogP contribution in [0.2, 0.25) is 0 Å². The molecule has 0 bridgehead atoms. The Balaban J connectivity index is 2.09. The number of rotatable bonds is 10. The van der Waals surface area contributed by atoms with Crippen molar-refractivity contribution in [2.24, 2.45) is 7.05 Å². The van der Waals surface area contributed by atoms with E-state index in [1.54, 1.807) is 31.3 Å². The summed E-state index contributed by atoms with van der Waals surface area (Å²) < 4.78 is 28.6. The molecule has 2 aromatic carbocycles. The molecule has 1 unspecified atom stereocenters. The molecule has 0 spiro atoms. The molecule has 0 amide bonds. The Morgan fingerprint density at radius 1 is 1.00 bits per heavy atom. The quantitative estimate of drug-likeness (QED) is 0.347. The molecule has 1 aromatic heterocycles. The Bertz CT molecular complexity index is 1170. The summed E-state index contributed by atoms with van der Waals surface area (Å²) in [6.45, 7) is 0. The highest BCUT2D eigenvalue weighted by Gasteiger charge is 2.18. The van der Waals surface area contributed by atoms with Gasteiger partial charge in [-0.25, -0.2) is 13.5 Å². The van der Waals surface area contributed by atoms with Gasteiger partial charge >= 0.3 is 5.97 Å². The number of hydrogen-bond donors (Lipinski definition) is 2. The number of carbonyl (C=O) groups is 2. The van der Waals surface area contributed by atoms with Crippen LogP contribution in [0.1, 0.15) is 36.2 Å². The number of carbonyl (C=O) groups excluding carboxylic acids is 1. The molecule has 8 nitrogen and oxygen atoms in total. The Labute approximate surface area is 193 Å². The highest BCUT2D eigenvalue weighted by Crippen LogP contribution is 2.32. The van der Waals surface area contributed by atoms with E-state index in [1.807, 2.05) is 0 Å². The molecule has 0 aliphatic carbocycles. The lowest BCUT2D eigenvalue weighted by Gasteiger charge is -2.14. The van der Waals surface area contributed by atoms with E-state index in [-0.39, 0.29) is 19.3 Å². The van der Waals surface area contributed by atoms with Gasteiger partial charge in [0.25, 0.3) is 0 Å². The zero-order valence-electron chi connectivity index (χ0n) is 18.2. The molecule has 1 atom stereocenters. The summed E-state index contributed by atoms with van der Waals surface area (Å²) in [5, 5.41) is 30.2. The molecule has 3 rings (SSSR count). The number of benzene rings is 2. The van der Waals surface area contributed by atoms with Gasteiger partial charge in [-0.3, -0.25) is 9.59 Å². The third-order valence-electron chi connectivity index (χ3n) is 4.96. The van der Waals surface area contributed by atoms with Crippen LogP contribution >= 0.6 is 0 Å². The standard InChI is InChI=1S/C24H22F2N4O4/c1-30-24(27-28-29-30)21(12-10-19(31)14-20(32)11-13-22(33)34)23(15-2-6-17(25)7-3-15)16-4-8-18(26)9-5-16/h2-10,12,20,32H,11,13-14H2,1H3,(H,33,34). The first-order valence-corrected chi connectivity index (χ1v) is 10.3. The predicted molar refractivity (Wildman–Crippen MR) is 119 cm³/mol. The van der Waals surface area contributed by atoms with Gasteiger partial charge in [0.2, 0.25) is 0 Å². The minimum atomic E-state index is -1.11. The number of allylic oxidation sites excluding steroid dienone is 3. The molecule has 1 heterocycles. The summed E-state index contributed by atoms with van der Waals surface area (Å²) in [4.78, 5) is 23.1. The monoisotopic (exact) mass is 468 g/mol.